The van der Waals surface area contributed by atoms with Crippen LogP contribution in [0.4, 0.5) is 0 Å². The Morgan fingerprint density at radius 3 is 2.57 bits per heavy atom. The second-order valence-electron chi connectivity index (χ2n) is 2.15. The Hall–Kier alpha value is -0.560. The number of nitrogens with zero attached hydrogens (tertiary/aromatic N) is 1. The number of rotatable bonds is 2. The van der Waals surface area contributed by atoms with Crippen molar-refractivity contribution in [3.63, 3.8) is 0 Å². The molecule has 2 N–H and O–H groups in total. The van der Waals surface area contributed by atoms with Crippen molar-refractivity contribution in [3.05, 3.63) is 11.5 Å². The number of carbonyl (C=O) groups is 1. The van der Waals surface area contributed by atoms with Crippen molar-refractivity contribution in [1.82, 2.24) is 0 Å². The minimum Gasteiger partial charge on any atom is -0.613 e. The molecule has 0 aromatic heterocycles. The first-order valence-corrected chi connectivity index (χ1v) is 3.47. The summed E-state index contributed by atoms with van der Waals surface area (Å²) in [7, 11) is 0. The Balaban J connectivity index is 0. The van der Waals surface area contributed by atoms with Crippen LogP contribution < -0.4 is 34.7 Å². The molecule has 0 unspecified atom stereocenters. The normalized spacial score (nSPS) is 17.3. The molecule has 0 aromatic rings. The van der Waals surface area contributed by atoms with E-state index in [9.17, 15) is 9.90 Å². The van der Waals surface area contributed by atoms with Gasteiger partial charge in [0.1, 0.15) is 5.57 Å². The first-order valence-electron chi connectivity index (χ1n) is 3.47. The molecule has 1 rings (SSSR count). The van der Waals surface area contributed by atoms with Crippen molar-refractivity contribution in [2.75, 3.05) is 6.61 Å². The van der Waals surface area contributed by atoms with Crippen LogP contribution in [-0.4, -0.2) is 23.8 Å². The molecule has 0 fully saturated rings. The van der Waals surface area contributed by atoms with Crippen LogP contribution in [0.15, 0.2) is 16.7 Å². The maximum Gasteiger partial charge on any atom is 1.00 e. The summed E-state index contributed by atoms with van der Waals surface area (Å²) >= 11 is 0. The van der Waals surface area contributed by atoms with Crippen LogP contribution >= 0.6 is 0 Å². The first kappa shape index (κ1) is 15.9. The van der Waals surface area contributed by atoms with Crippen molar-refractivity contribution >= 4 is 11.7 Å². The molecule has 0 atom stereocenters. The van der Waals surface area contributed by atoms with E-state index in [4.69, 9.17) is 0 Å². The zero-order valence-electron chi connectivity index (χ0n) is 8.29. The van der Waals surface area contributed by atoms with Gasteiger partial charge in [-0.25, -0.2) is 4.79 Å². The van der Waals surface area contributed by atoms with Gasteiger partial charge in [0, 0.05) is 0 Å². The van der Waals surface area contributed by atoms with Gasteiger partial charge in [-0.3, -0.25) is 0 Å². The summed E-state index contributed by atoms with van der Waals surface area (Å²) in [4.78, 5) is 15.1. The summed E-state index contributed by atoms with van der Waals surface area (Å²) in [6.45, 7) is 3.39. The average molecular weight is 211 g/mol. The van der Waals surface area contributed by atoms with Gasteiger partial charge in [0.05, 0.1) is 11.7 Å². The van der Waals surface area contributed by atoms with E-state index in [-0.39, 0.29) is 52.9 Å². The Morgan fingerprint density at radius 1 is 1.64 bits per heavy atom. The first-order chi connectivity index (χ1) is 5.66. The summed E-state index contributed by atoms with van der Waals surface area (Å²) in [5.41, 5.74) is 0.148. The fourth-order valence-electron chi connectivity index (χ4n) is 0.783. The van der Waals surface area contributed by atoms with E-state index in [0.717, 1.165) is 0 Å². The predicted octanol–water partition coefficient (Wildman–Crippen LogP) is -4.29. The van der Waals surface area contributed by atoms with Crippen LogP contribution in [0, 0.1) is 0 Å². The maximum atomic E-state index is 11.0. The maximum absolute atomic E-state index is 11.0. The van der Waals surface area contributed by atoms with Crippen LogP contribution in [0.2, 0.25) is 0 Å². The summed E-state index contributed by atoms with van der Waals surface area (Å²) in [5.74, 6) is -1.42. The van der Waals surface area contributed by atoms with Gasteiger partial charge in [-0.1, -0.05) is 12.1 Å². The molecule has 0 saturated carbocycles. The monoisotopic (exact) mass is 211 g/mol. The van der Waals surface area contributed by atoms with E-state index < -0.39 is 11.9 Å². The SMILES string of the molecule is CCO/C([O-])=C1\C(=O)ON=C1C.O.[Na+]. The fraction of sp³-hybridized carbons (Fsp3) is 0.429. The third-order valence-corrected chi connectivity index (χ3v) is 1.31. The molecule has 0 spiro atoms. The van der Waals surface area contributed by atoms with Crippen molar-refractivity contribution in [1.29, 1.82) is 0 Å². The Labute approximate surface area is 103 Å². The third-order valence-electron chi connectivity index (χ3n) is 1.31. The van der Waals surface area contributed by atoms with Crippen LogP contribution in [0.25, 0.3) is 0 Å². The molecule has 1 aliphatic heterocycles. The Kier molecular flexibility index (Phi) is 7.75. The largest absolute Gasteiger partial charge is 1.00 e. The zero-order valence-corrected chi connectivity index (χ0v) is 10.3. The second kappa shape index (κ2) is 6.83. The minimum absolute atomic E-state index is 0. The molecule has 7 heteroatoms. The van der Waals surface area contributed by atoms with E-state index in [1.807, 2.05) is 0 Å². The minimum atomic E-state index is -0.744. The molecule has 0 aromatic carbocycles. The summed E-state index contributed by atoms with van der Waals surface area (Å²) < 4.78 is 4.61. The summed E-state index contributed by atoms with van der Waals surface area (Å²) in [6.07, 6.45) is 0. The van der Waals surface area contributed by atoms with Gasteiger partial charge in [-0.15, -0.1) is 0 Å². The van der Waals surface area contributed by atoms with E-state index in [0.29, 0.717) is 0 Å². The third kappa shape index (κ3) is 3.30. The summed E-state index contributed by atoms with van der Waals surface area (Å²) in [5, 5.41) is 14.4. The van der Waals surface area contributed by atoms with E-state index >= 15 is 0 Å². The smallest absolute Gasteiger partial charge is 0.613 e. The molecule has 0 radical (unpaired) electrons. The molecular formula is C7H10NNaO5. The number of ether oxygens (including phenoxy) is 1. The molecular weight excluding hydrogens is 201 g/mol. The van der Waals surface area contributed by atoms with E-state index in [1.165, 1.54) is 6.92 Å². The molecule has 1 aliphatic rings. The number of hydrogen-bond acceptors (Lipinski definition) is 5. The van der Waals surface area contributed by atoms with Gasteiger partial charge < -0.3 is 20.2 Å². The molecule has 1 heterocycles. The number of carbonyl (C=O) groups excluding carboxylic acids is 1. The zero-order chi connectivity index (χ0) is 9.14. The standard InChI is InChI=1S/C7H9NO4.Na.H2O/c1-3-11-6(9)5-4(2)8-12-7(5)10;;/h9H,3H2,1-2H3;;1H2/q;+1;/p-1/b6-5-;;. The van der Waals surface area contributed by atoms with Crippen LogP contribution in [0.1, 0.15) is 13.8 Å². The van der Waals surface area contributed by atoms with Crippen molar-refractivity contribution in [2.45, 2.75) is 13.8 Å². The second-order valence-corrected chi connectivity index (χ2v) is 2.15. The van der Waals surface area contributed by atoms with Gasteiger partial charge in [0.15, 0.2) is 0 Å². The molecule has 0 aliphatic carbocycles. The number of oxime groups is 1. The van der Waals surface area contributed by atoms with Crippen molar-refractivity contribution in [2.24, 2.45) is 5.16 Å². The van der Waals surface area contributed by atoms with Gasteiger partial charge in [0.25, 0.3) is 0 Å². The van der Waals surface area contributed by atoms with Crippen molar-refractivity contribution < 1.29 is 54.5 Å². The van der Waals surface area contributed by atoms with E-state index in [1.54, 1.807) is 6.92 Å². The van der Waals surface area contributed by atoms with Crippen LogP contribution in [0.5, 0.6) is 0 Å². The molecule has 6 nitrogen and oxygen atoms in total. The van der Waals surface area contributed by atoms with Gasteiger partial charge in [-0.05, 0) is 13.5 Å². The molecule has 74 valence electrons. The average Bonchev–Trinajstić information content (AvgIpc) is 2.32. The molecule has 0 saturated heterocycles. The van der Waals surface area contributed by atoms with Crippen LogP contribution in [0.3, 0.4) is 0 Å². The Bertz CT molecular complexity index is 273. The predicted molar refractivity (Wildman–Crippen MR) is 41.5 cm³/mol. The number of hydrogen-bond donors (Lipinski definition) is 0. The van der Waals surface area contributed by atoms with Gasteiger partial charge >= 0.3 is 35.5 Å². The molecule has 14 heavy (non-hydrogen) atoms. The van der Waals surface area contributed by atoms with Gasteiger partial charge in [0.2, 0.25) is 0 Å². The van der Waals surface area contributed by atoms with E-state index in [2.05, 4.69) is 14.7 Å². The molecule has 0 amide bonds. The summed E-state index contributed by atoms with van der Waals surface area (Å²) in [6, 6.07) is 0. The Morgan fingerprint density at radius 2 is 2.21 bits per heavy atom. The van der Waals surface area contributed by atoms with Crippen LogP contribution in [-0.2, 0) is 14.4 Å². The quantitative estimate of drug-likeness (QED) is 0.199. The molecule has 0 bridgehead atoms. The van der Waals surface area contributed by atoms with Gasteiger partial charge in [-0.2, -0.15) is 0 Å². The topological polar surface area (TPSA) is 102 Å². The fourth-order valence-corrected chi connectivity index (χ4v) is 0.783. The van der Waals surface area contributed by atoms with Crippen molar-refractivity contribution in [3.8, 4) is 0 Å².